The molecule has 0 aromatic heterocycles. The summed E-state index contributed by atoms with van der Waals surface area (Å²) in [5.74, 6) is -1.68. The van der Waals surface area contributed by atoms with Crippen LogP contribution in [0.25, 0.3) is 11.1 Å². The molecule has 4 rings (SSSR count). The Balaban J connectivity index is 1.37. The van der Waals surface area contributed by atoms with E-state index in [0.29, 0.717) is 19.4 Å². The maximum Gasteiger partial charge on any atom is 0.407 e. The molecule has 35 heavy (non-hydrogen) atoms. The number of ether oxygens (including phenoxy) is 1. The first-order valence-corrected chi connectivity index (χ1v) is 12.0. The SMILES string of the molecule is CCC(C)(CNC(=O)OCC1c2ccccc2-c2ccccc21)C(=O)N1CCCC(O)(C(=O)O)C1. The molecule has 2 aromatic carbocycles. The highest BCUT2D eigenvalue weighted by atomic mass is 16.5. The fraction of sp³-hybridized carbons (Fsp3) is 0.444. The van der Waals surface area contributed by atoms with Gasteiger partial charge in [-0.15, -0.1) is 0 Å². The number of carbonyl (C=O) groups is 3. The minimum absolute atomic E-state index is 0.0427. The number of carbonyl (C=O) groups excluding carboxylic acids is 2. The van der Waals surface area contributed by atoms with Crippen molar-refractivity contribution in [2.45, 2.75) is 44.6 Å². The van der Waals surface area contributed by atoms with Crippen LogP contribution in [0.3, 0.4) is 0 Å². The monoisotopic (exact) mass is 480 g/mol. The minimum Gasteiger partial charge on any atom is -0.479 e. The number of rotatable bonds is 7. The molecule has 2 amide bonds. The van der Waals surface area contributed by atoms with Crippen molar-refractivity contribution in [1.29, 1.82) is 0 Å². The Morgan fingerprint density at radius 1 is 1.11 bits per heavy atom. The van der Waals surface area contributed by atoms with Crippen LogP contribution >= 0.6 is 0 Å². The van der Waals surface area contributed by atoms with Gasteiger partial charge in [0.1, 0.15) is 6.61 Å². The molecule has 2 unspecified atom stereocenters. The zero-order valence-corrected chi connectivity index (χ0v) is 20.1. The Morgan fingerprint density at radius 3 is 2.29 bits per heavy atom. The molecule has 1 aliphatic carbocycles. The van der Waals surface area contributed by atoms with E-state index < -0.39 is 23.1 Å². The summed E-state index contributed by atoms with van der Waals surface area (Å²) >= 11 is 0. The smallest absolute Gasteiger partial charge is 0.407 e. The van der Waals surface area contributed by atoms with E-state index in [-0.39, 0.29) is 37.9 Å². The van der Waals surface area contributed by atoms with E-state index in [2.05, 4.69) is 17.4 Å². The van der Waals surface area contributed by atoms with E-state index in [1.165, 1.54) is 4.90 Å². The lowest BCUT2D eigenvalue weighted by Gasteiger charge is -2.40. The quantitative estimate of drug-likeness (QED) is 0.560. The van der Waals surface area contributed by atoms with E-state index in [9.17, 15) is 24.6 Å². The number of aliphatic carboxylic acids is 1. The standard InChI is InChI=1S/C27H32N2O6/c1-3-26(2,23(30)29-14-8-13-27(34,17-29)24(31)32)16-28-25(33)35-15-22-20-11-6-4-9-18(20)19-10-5-7-12-21(19)22/h4-7,9-12,22,34H,3,8,13-17H2,1-2H3,(H,28,33)(H,31,32). The van der Waals surface area contributed by atoms with Crippen molar-refractivity contribution in [2.24, 2.45) is 5.41 Å². The van der Waals surface area contributed by atoms with Crippen LogP contribution in [0, 0.1) is 5.41 Å². The summed E-state index contributed by atoms with van der Waals surface area (Å²) in [4.78, 5) is 38.7. The lowest BCUT2D eigenvalue weighted by atomic mass is 9.83. The molecule has 1 aliphatic heterocycles. The lowest BCUT2D eigenvalue weighted by molar-refractivity contribution is -0.168. The van der Waals surface area contributed by atoms with Gasteiger partial charge in [0, 0.05) is 19.0 Å². The van der Waals surface area contributed by atoms with Crippen molar-refractivity contribution in [3.05, 3.63) is 59.7 Å². The van der Waals surface area contributed by atoms with E-state index in [4.69, 9.17) is 4.74 Å². The summed E-state index contributed by atoms with van der Waals surface area (Å²) in [6.45, 7) is 3.89. The van der Waals surface area contributed by atoms with Crippen molar-refractivity contribution >= 4 is 18.0 Å². The molecule has 2 aliphatic rings. The second-order valence-electron chi connectivity index (χ2n) is 9.76. The highest BCUT2D eigenvalue weighted by molar-refractivity contribution is 5.85. The number of fused-ring (bicyclic) bond motifs is 3. The third kappa shape index (κ3) is 4.75. The summed E-state index contributed by atoms with van der Waals surface area (Å²) in [7, 11) is 0. The largest absolute Gasteiger partial charge is 0.479 e. The molecular weight excluding hydrogens is 448 g/mol. The molecule has 1 saturated heterocycles. The Kier molecular flexibility index (Phi) is 6.85. The Bertz CT molecular complexity index is 1090. The lowest BCUT2D eigenvalue weighted by Crippen LogP contribution is -2.58. The van der Waals surface area contributed by atoms with Crippen LogP contribution in [-0.4, -0.2) is 64.9 Å². The summed E-state index contributed by atoms with van der Waals surface area (Å²) in [5, 5.41) is 22.4. The van der Waals surface area contributed by atoms with Gasteiger partial charge in [-0.05, 0) is 48.4 Å². The maximum absolute atomic E-state index is 13.2. The van der Waals surface area contributed by atoms with E-state index in [0.717, 1.165) is 22.3 Å². The Hall–Kier alpha value is -3.39. The van der Waals surface area contributed by atoms with Crippen molar-refractivity contribution in [3.8, 4) is 11.1 Å². The normalized spacial score (nSPS) is 20.9. The van der Waals surface area contributed by atoms with Crippen molar-refractivity contribution < 1.29 is 29.3 Å². The fourth-order valence-electron chi connectivity index (χ4n) is 5.03. The number of amides is 2. The first-order valence-electron chi connectivity index (χ1n) is 12.0. The molecule has 2 aromatic rings. The summed E-state index contributed by atoms with van der Waals surface area (Å²) in [6.07, 6.45) is 0.318. The first kappa shape index (κ1) is 24.7. The van der Waals surface area contributed by atoms with Gasteiger partial charge in [0.05, 0.1) is 12.0 Å². The molecular formula is C27H32N2O6. The average molecular weight is 481 g/mol. The predicted molar refractivity (Wildman–Crippen MR) is 130 cm³/mol. The number of hydrogen-bond acceptors (Lipinski definition) is 5. The average Bonchev–Trinajstić information content (AvgIpc) is 3.19. The number of nitrogens with zero attached hydrogens (tertiary/aromatic N) is 1. The molecule has 1 heterocycles. The molecule has 2 atom stereocenters. The number of aliphatic hydroxyl groups is 1. The van der Waals surface area contributed by atoms with Crippen molar-refractivity contribution in [1.82, 2.24) is 10.2 Å². The van der Waals surface area contributed by atoms with Gasteiger partial charge < -0.3 is 25.2 Å². The second kappa shape index (κ2) is 9.70. The molecule has 8 heteroatoms. The number of hydrogen-bond donors (Lipinski definition) is 3. The zero-order chi connectivity index (χ0) is 25.2. The van der Waals surface area contributed by atoms with Crippen molar-refractivity contribution in [3.63, 3.8) is 0 Å². The zero-order valence-electron chi connectivity index (χ0n) is 20.1. The number of carboxylic acids is 1. The highest BCUT2D eigenvalue weighted by Crippen LogP contribution is 2.44. The number of β-amino-alcohol motifs (C(OH)–C–C–N with tert-alkyl or cyclic N) is 1. The minimum atomic E-state index is -1.94. The van der Waals surface area contributed by atoms with Crippen LogP contribution in [0.5, 0.6) is 0 Å². The van der Waals surface area contributed by atoms with Gasteiger partial charge in [-0.1, -0.05) is 55.5 Å². The van der Waals surface area contributed by atoms with Gasteiger partial charge in [0.25, 0.3) is 0 Å². The number of carboxylic acid groups (broad SMARTS) is 1. The van der Waals surface area contributed by atoms with Crippen LogP contribution in [0.2, 0.25) is 0 Å². The summed E-state index contributed by atoms with van der Waals surface area (Å²) in [5.41, 5.74) is 1.62. The first-order chi connectivity index (χ1) is 16.7. The maximum atomic E-state index is 13.2. The molecule has 0 spiro atoms. The number of alkyl carbamates (subject to hydrolysis) is 1. The van der Waals surface area contributed by atoms with Gasteiger partial charge in [0.2, 0.25) is 5.91 Å². The molecule has 1 fully saturated rings. The van der Waals surface area contributed by atoms with E-state index >= 15 is 0 Å². The highest BCUT2D eigenvalue weighted by Gasteiger charge is 2.45. The molecule has 0 radical (unpaired) electrons. The third-order valence-corrected chi connectivity index (χ3v) is 7.42. The van der Waals surface area contributed by atoms with Gasteiger partial charge in [-0.3, -0.25) is 4.79 Å². The van der Waals surface area contributed by atoms with Gasteiger partial charge >= 0.3 is 12.1 Å². The number of benzene rings is 2. The van der Waals surface area contributed by atoms with Crippen LogP contribution in [0.1, 0.15) is 50.2 Å². The third-order valence-electron chi connectivity index (χ3n) is 7.42. The topological polar surface area (TPSA) is 116 Å². The second-order valence-corrected chi connectivity index (χ2v) is 9.76. The number of likely N-dealkylation sites (tertiary alicyclic amines) is 1. The van der Waals surface area contributed by atoms with E-state index in [1.54, 1.807) is 6.92 Å². The van der Waals surface area contributed by atoms with Crippen molar-refractivity contribution in [2.75, 3.05) is 26.2 Å². The molecule has 8 nitrogen and oxygen atoms in total. The fourth-order valence-corrected chi connectivity index (χ4v) is 5.03. The molecule has 186 valence electrons. The van der Waals surface area contributed by atoms with Crippen LogP contribution in [-0.2, 0) is 14.3 Å². The predicted octanol–water partition coefficient (Wildman–Crippen LogP) is 3.38. The summed E-state index contributed by atoms with van der Waals surface area (Å²) < 4.78 is 5.58. The Morgan fingerprint density at radius 2 is 1.71 bits per heavy atom. The summed E-state index contributed by atoms with van der Waals surface area (Å²) in [6, 6.07) is 16.2. The van der Waals surface area contributed by atoms with E-state index in [1.807, 2.05) is 43.3 Å². The molecule has 3 N–H and O–H groups in total. The molecule has 0 saturated carbocycles. The van der Waals surface area contributed by atoms with Crippen LogP contribution in [0.4, 0.5) is 4.79 Å². The van der Waals surface area contributed by atoms with Crippen LogP contribution < -0.4 is 5.32 Å². The van der Waals surface area contributed by atoms with Crippen LogP contribution in [0.15, 0.2) is 48.5 Å². The number of piperidine rings is 1. The van der Waals surface area contributed by atoms with Gasteiger partial charge in [-0.2, -0.15) is 0 Å². The van der Waals surface area contributed by atoms with Gasteiger partial charge in [-0.25, -0.2) is 9.59 Å². The Labute approximate surface area is 204 Å². The molecule has 0 bridgehead atoms. The van der Waals surface area contributed by atoms with Gasteiger partial charge in [0.15, 0.2) is 5.60 Å². The number of nitrogens with one attached hydrogen (secondary N) is 1.